The minimum absolute atomic E-state index is 0.535. The summed E-state index contributed by atoms with van der Waals surface area (Å²) in [5.74, 6) is 0.535. The van der Waals surface area contributed by atoms with Gasteiger partial charge in [-0.2, -0.15) is 0 Å². The third kappa shape index (κ3) is 7.59. The van der Waals surface area contributed by atoms with Gasteiger partial charge in [0, 0.05) is 13.2 Å². The highest BCUT2D eigenvalue weighted by atomic mass is 16.5. The third-order valence-corrected chi connectivity index (χ3v) is 3.06. The Hall–Kier alpha value is -1.39. The van der Waals surface area contributed by atoms with Gasteiger partial charge in [-0.1, -0.05) is 30.3 Å². The van der Waals surface area contributed by atoms with Gasteiger partial charge in [-0.3, -0.25) is 4.79 Å². The number of carbonyl (C=O) groups excluding carboxylic acids is 1. The number of rotatable bonds is 11. The first-order valence-electron chi connectivity index (χ1n) is 6.80. The zero-order valence-corrected chi connectivity index (χ0v) is 11.6. The molecular formula is C15H24N2O2. The Morgan fingerprint density at radius 1 is 1.26 bits per heavy atom. The molecule has 0 aliphatic heterocycles. The summed E-state index contributed by atoms with van der Waals surface area (Å²) in [4.78, 5) is 10.2. The molecule has 0 aliphatic rings. The van der Waals surface area contributed by atoms with Crippen molar-refractivity contribution < 1.29 is 9.53 Å². The predicted molar refractivity (Wildman–Crippen MR) is 76.8 cm³/mol. The molecule has 1 aromatic rings. The molecular weight excluding hydrogens is 240 g/mol. The molecule has 0 saturated carbocycles. The molecule has 4 heteroatoms. The van der Waals surface area contributed by atoms with Crippen molar-refractivity contribution in [2.75, 3.05) is 26.7 Å². The molecule has 0 bridgehead atoms. The van der Waals surface area contributed by atoms with Crippen LogP contribution in [0.25, 0.3) is 0 Å². The van der Waals surface area contributed by atoms with Crippen molar-refractivity contribution in [3.63, 3.8) is 0 Å². The summed E-state index contributed by atoms with van der Waals surface area (Å²) in [5, 5.41) is 5.89. The van der Waals surface area contributed by atoms with Gasteiger partial charge in [-0.25, -0.2) is 0 Å². The second-order valence-electron chi connectivity index (χ2n) is 4.61. The fourth-order valence-corrected chi connectivity index (χ4v) is 2.00. The summed E-state index contributed by atoms with van der Waals surface area (Å²) in [6.45, 7) is 3.10. The van der Waals surface area contributed by atoms with Crippen molar-refractivity contribution in [1.29, 1.82) is 0 Å². The average molecular weight is 264 g/mol. The summed E-state index contributed by atoms with van der Waals surface area (Å²) in [5.41, 5.74) is 1.20. The van der Waals surface area contributed by atoms with E-state index in [4.69, 9.17) is 4.74 Å². The number of carbonyl (C=O) groups is 1. The van der Waals surface area contributed by atoms with Gasteiger partial charge in [-0.05, 0) is 37.9 Å². The smallest absolute Gasteiger partial charge is 0.207 e. The van der Waals surface area contributed by atoms with Gasteiger partial charge in [-0.15, -0.1) is 0 Å². The molecule has 0 radical (unpaired) electrons. The molecule has 0 saturated heterocycles. The van der Waals surface area contributed by atoms with E-state index in [0.717, 1.165) is 38.9 Å². The van der Waals surface area contributed by atoms with Crippen molar-refractivity contribution in [3.8, 4) is 0 Å². The molecule has 0 spiro atoms. The van der Waals surface area contributed by atoms with E-state index in [1.807, 2.05) is 25.2 Å². The molecule has 1 aromatic carbocycles. The Kier molecular flexibility index (Phi) is 8.68. The standard InChI is InChI=1S/C15H24N2O2/c1-16-11-14(7-9-17-13-18)8-10-19-12-15-5-3-2-4-6-15/h2-6,13-14,16H,7-12H2,1H3,(H,17,18). The number of hydrogen-bond donors (Lipinski definition) is 2. The van der Waals surface area contributed by atoms with Crippen LogP contribution in [0.2, 0.25) is 0 Å². The molecule has 1 unspecified atom stereocenters. The van der Waals surface area contributed by atoms with Crippen LogP contribution in [0.15, 0.2) is 30.3 Å². The molecule has 0 aromatic heterocycles. The van der Waals surface area contributed by atoms with Crippen LogP contribution in [0, 0.1) is 5.92 Å². The maximum absolute atomic E-state index is 10.2. The highest BCUT2D eigenvalue weighted by molar-refractivity contribution is 5.45. The van der Waals surface area contributed by atoms with Crippen molar-refractivity contribution in [2.24, 2.45) is 5.92 Å². The number of benzene rings is 1. The molecule has 1 rings (SSSR count). The van der Waals surface area contributed by atoms with E-state index in [-0.39, 0.29) is 0 Å². The quantitative estimate of drug-likeness (QED) is 0.471. The topological polar surface area (TPSA) is 50.4 Å². The lowest BCUT2D eigenvalue weighted by Gasteiger charge is -2.16. The molecule has 106 valence electrons. The van der Waals surface area contributed by atoms with Gasteiger partial charge in [0.2, 0.25) is 6.41 Å². The SMILES string of the molecule is CNCC(CCNC=O)CCOCc1ccccc1. The lowest BCUT2D eigenvalue weighted by molar-refractivity contribution is -0.109. The van der Waals surface area contributed by atoms with E-state index in [1.54, 1.807) is 0 Å². The minimum Gasteiger partial charge on any atom is -0.377 e. The van der Waals surface area contributed by atoms with Crippen molar-refractivity contribution in [3.05, 3.63) is 35.9 Å². The molecule has 1 amide bonds. The van der Waals surface area contributed by atoms with Crippen molar-refractivity contribution >= 4 is 6.41 Å². The van der Waals surface area contributed by atoms with E-state index >= 15 is 0 Å². The fourth-order valence-electron chi connectivity index (χ4n) is 2.00. The maximum Gasteiger partial charge on any atom is 0.207 e. The lowest BCUT2D eigenvalue weighted by atomic mass is 10.0. The second-order valence-corrected chi connectivity index (χ2v) is 4.61. The van der Waals surface area contributed by atoms with Gasteiger partial charge in [0.25, 0.3) is 0 Å². The van der Waals surface area contributed by atoms with Crippen LogP contribution in [0.3, 0.4) is 0 Å². The highest BCUT2D eigenvalue weighted by Crippen LogP contribution is 2.08. The second kappa shape index (κ2) is 10.5. The van der Waals surface area contributed by atoms with Crippen LogP contribution >= 0.6 is 0 Å². The van der Waals surface area contributed by atoms with E-state index in [0.29, 0.717) is 12.5 Å². The van der Waals surface area contributed by atoms with Crippen LogP contribution in [-0.4, -0.2) is 33.2 Å². The monoisotopic (exact) mass is 264 g/mol. The Morgan fingerprint density at radius 3 is 2.74 bits per heavy atom. The molecule has 1 atom stereocenters. The summed E-state index contributed by atoms with van der Waals surface area (Å²) in [6.07, 6.45) is 2.74. The zero-order chi connectivity index (χ0) is 13.8. The molecule has 0 heterocycles. The Labute approximate surface area is 115 Å². The largest absolute Gasteiger partial charge is 0.377 e. The van der Waals surface area contributed by atoms with Crippen LogP contribution in [0.4, 0.5) is 0 Å². The fraction of sp³-hybridized carbons (Fsp3) is 0.533. The van der Waals surface area contributed by atoms with Gasteiger partial charge in [0.15, 0.2) is 0 Å². The van der Waals surface area contributed by atoms with E-state index in [2.05, 4.69) is 22.8 Å². The zero-order valence-electron chi connectivity index (χ0n) is 11.6. The number of nitrogens with one attached hydrogen (secondary N) is 2. The van der Waals surface area contributed by atoms with Gasteiger partial charge in [0.1, 0.15) is 0 Å². The summed E-state index contributed by atoms with van der Waals surface area (Å²) in [6, 6.07) is 10.2. The summed E-state index contributed by atoms with van der Waals surface area (Å²) in [7, 11) is 1.95. The highest BCUT2D eigenvalue weighted by Gasteiger charge is 2.07. The first kappa shape index (κ1) is 15.7. The van der Waals surface area contributed by atoms with Gasteiger partial charge < -0.3 is 15.4 Å². The van der Waals surface area contributed by atoms with E-state index in [9.17, 15) is 4.79 Å². The molecule has 19 heavy (non-hydrogen) atoms. The minimum atomic E-state index is 0.535. The van der Waals surface area contributed by atoms with Crippen molar-refractivity contribution in [2.45, 2.75) is 19.4 Å². The molecule has 2 N–H and O–H groups in total. The van der Waals surface area contributed by atoms with E-state index in [1.165, 1.54) is 5.56 Å². The molecule has 0 aliphatic carbocycles. The Morgan fingerprint density at radius 2 is 2.05 bits per heavy atom. The van der Waals surface area contributed by atoms with E-state index < -0.39 is 0 Å². The van der Waals surface area contributed by atoms with Crippen LogP contribution in [-0.2, 0) is 16.1 Å². The number of ether oxygens (including phenoxy) is 1. The maximum atomic E-state index is 10.2. The number of amides is 1. The first-order chi connectivity index (χ1) is 9.36. The Bertz CT molecular complexity index is 330. The van der Waals surface area contributed by atoms with Crippen LogP contribution in [0.1, 0.15) is 18.4 Å². The van der Waals surface area contributed by atoms with Crippen LogP contribution < -0.4 is 10.6 Å². The summed E-state index contributed by atoms with van der Waals surface area (Å²) < 4.78 is 5.69. The van der Waals surface area contributed by atoms with Gasteiger partial charge >= 0.3 is 0 Å². The van der Waals surface area contributed by atoms with Gasteiger partial charge in [0.05, 0.1) is 6.61 Å². The Balaban J connectivity index is 2.14. The average Bonchev–Trinajstić information content (AvgIpc) is 2.45. The molecule has 4 nitrogen and oxygen atoms in total. The molecule has 0 fully saturated rings. The normalized spacial score (nSPS) is 12.1. The first-order valence-corrected chi connectivity index (χ1v) is 6.80. The van der Waals surface area contributed by atoms with Crippen LogP contribution in [0.5, 0.6) is 0 Å². The lowest BCUT2D eigenvalue weighted by Crippen LogP contribution is -2.24. The summed E-state index contributed by atoms with van der Waals surface area (Å²) >= 11 is 0. The van der Waals surface area contributed by atoms with Crippen molar-refractivity contribution in [1.82, 2.24) is 10.6 Å². The number of hydrogen-bond acceptors (Lipinski definition) is 3. The predicted octanol–water partition coefficient (Wildman–Crippen LogP) is 1.56. The third-order valence-electron chi connectivity index (χ3n) is 3.06.